The van der Waals surface area contributed by atoms with E-state index in [1.807, 2.05) is 24.3 Å². The van der Waals surface area contributed by atoms with Crippen molar-refractivity contribution in [1.29, 1.82) is 0 Å². The molecule has 1 heterocycles. The molecule has 0 spiro atoms. The molecular formula is C17H17N3S. The minimum absolute atomic E-state index is 0.0740. The van der Waals surface area contributed by atoms with Gasteiger partial charge in [-0.1, -0.05) is 54.2 Å². The first-order valence-electron chi connectivity index (χ1n) is 6.93. The summed E-state index contributed by atoms with van der Waals surface area (Å²) in [5, 5.41) is 0. The van der Waals surface area contributed by atoms with Crippen molar-refractivity contribution in [2.75, 3.05) is 0 Å². The predicted molar refractivity (Wildman–Crippen MR) is 90.5 cm³/mol. The van der Waals surface area contributed by atoms with E-state index in [1.165, 1.54) is 11.1 Å². The highest BCUT2D eigenvalue weighted by Gasteiger charge is 2.19. The van der Waals surface area contributed by atoms with Crippen molar-refractivity contribution in [3.63, 3.8) is 0 Å². The number of aromatic amines is 1. The normalized spacial score (nSPS) is 12.4. The fourth-order valence-electron chi connectivity index (χ4n) is 2.43. The number of benzene rings is 2. The van der Waals surface area contributed by atoms with Crippen LogP contribution in [-0.4, -0.2) is 15.0 Å². The van der Waals surface area contributed by atoms with E-state index in [2.05, 4.69) is 41.2 Å². The van der Waals surface area contributed by atoms with Crippen LogP contribution < -0.4 is 5.73 Å². The SMILES string of the molecule is Cc1ccc(CC(C(N)=S)c2nc3ccccc3[nH]2)cc1. The van der Waals surface area contributed by atoms with E-state index >= 15 is 0 Å². The number of aryl methyl sites for hydroxylation is 1. The quantitative estimate of drug-likeness (QED) is 0.724. The lowest BCUT2D eigenvalue weighted by Crippen LogP contribution is -2.22. The molecule has 0 aliphatic carbocycles. The number of H-pyrrole nitrogens is 1. The van der Waals surface area contributed by atoms with Gasteiger partial charge in [-0.25, -0.2) is 4.98 Å². The van der Waals surface area contributed by atoms with Crippen LogP contribution in [0.4, 0.5) is 0 Å². The van der Waals surface area contributed by atoms with Crippen molar-refractivity contribution in [3.05, 3.63) is 65.5 Å². The van der Waals surface area contributed by atoms with E-state index < -0.39 is 0 Å². The number of thiocarbonyl (C=S) groups is 1. The van der Waals surface area contributed by atoms with Gasteiger partial charge in [0, 0.05) is 0 Å². The summed E-state index contributed by atoms with van der Waals surface area (Å²) in [5.74, 6) is 0.763. The Morgan fingerprint density at radius 3 is 2.57 bits per heavy atom. The number of fused-ring (bicyclic) bond motifs is 1. The molecule has 2 aromatic carbocycles. The van der Waals surface area contributed by atoms with Gasteiger partial charge in [-0.2, -0.15) is 0 Å². The Kier molecular flexibility index (Phi) is 3.71. The standard InChI is InChI=1S/C17H17N3S/c1-11-6-8-12(9-7-11)10-13(16(18)21)17-19-14-4-2-3-5-15(14)20-17/h2-9,13H,10H2,1H3,(H2,18,21)(H,19,20). The molecule has 1 aromatic heterocycles. The topological polar surface area (TPSA) is 54.7 Å². The average molecular weight is 295 g/mol. The number of nitrogens with zero attached hydrogens (tertiary/aromatic N) is 1. The first kappa shape index (κ1) is 13.8. The number of hydrogen-bond acceptors (Lipinski definition) is 2. The van der Waals surface area contributed by atoms with Crippen LogP contribution in [0.1, 0.15) is 22.9 Å². The number of nitrogens with one attached hydrogen (secondary N) is 1. The lowest BCUT2D eigenvalue weighted by molar-refractivity contribution is 0.821. The fraction of sp³-hybridized carbons (Fsp3) is 0.176. The minimum atomic E-state index is -0.0740. The maximum atomic E-state index is 5.94. The van der Waals surface area contributed by atoms with E-state index in [0.29, 0.717) is 4.99 Å². The number of aromatic nitrogens is 2. The molecule has 1 unspecified atom stereocenters. The molecule has 1 atom stereocenters. The van der Waals surface area contributed by atoms with Crippen molar-refractivity contribution in [3.8, 4) is 0 Å². The van der Waals surface area contributed by atoms with Crippen LogP contribution >= 0.6 is 12.2 Å². The van der Waals surface area contributed by atoms with E-state index in [4.69, 9.17) is 18.0 Å². The van der Waals surface area contributed by atoms with Crippen molar-refractivity contribution in [2.45, 2.75) is 19.3 Å². The minimum Gasteiger partial charge on any atom is -0.393 e. The second-order valence-corrected chi connectivity index (χ2v) is 5.76. The third-order valence-corrected chi connectivity index (χ3v) is 3.93. The van der Waals surface area contributed by atoms with Crippen LogP contribution in [0.15, 0.2) is 48.5 Å². The van der Waals surface area contributed by atoms with Gasteiger partial charge >= 0.3 is 0 Å². The van der Waals surface area contributed by atoms with Gasteiger partial charge in [-0.15, -0.1) is 0 Å². The average Bonchev–Trinajstić information content (AvgIpc) is 2.89. The molecule has 0 saturated carbocycles. The first-order valence-corrected chi connectivity index (χ1v) is 7.34. The molecule has 0 aliphatic heterocycles. The van der Waals surface area contributed by atoms with Crippen LogP contribution in [0, 0.1) is 6.92 Å². The Hall–Kier alpha value is -2.20. The molecule has 0 radical (unpaired) electrons. The molecule has 0 bridgehead atoms. The molecule has 3 aromatic rings. The highest BCUT2D eigenvalue weighted by atomic mass is 32.1. The second-order valence-electron chi connectivity index (χ2n) is 5.28. The van der Waals surface area contributed by atoms with E-state index in [-0.39, 0.29) is 5.92 Å². The highest BCUT2D eigenvalue weighted by Crippen LogP contribution is 2.22. The molecule has 0 aliphatic rings. The summed E-state index contributed by atoms with van der Waals surface area (Å²) in [6.07, 6.45) is 0.759. The summed E-state index contributed by atoms with van der Waals surface area (Å²) in [5.41, 5.74) is 10.3. The van der Waals surface area contributed by atoms with Crippen molar-refractivity contribution in [2.24, 2.45) is 5.73 Å². The van der Waals surface area contributed by atoms with Crippen LogP contribution in [0.5, 0.6) is 0 Å². The molecule has 3 nitrogen and oxygen atoms in total. The zero-order valence-corrected chi connectivity index (χ0v) is 12.7. The van der Waals surface area contributed by atoms with Gasteiger partial charge in [-0.3, -0.25) is 0 Å². The van der Waals surface area contributed by atoms with Gasteiger partial charge in [0.1, 0.15) is 5.82 Å². The number of para-hydroxylation sites is 2. The molecule has 0 amide bonds. The van der Waals surface area contributed by atoms with E-state index in [0.717, 1.165) is 23.3 Å². The maximum absolute atomic E-state index is 5.94. The Balaban J connectivity index is 1.93. The van der Waals surface area contributed by atoms with Gasteiger partial charge in [0.15, 0.2) is 0 Å². The lowest BCUT2D eigenvalue weighted by atomic mass is 9.98. The molecule has 0 saturated heterocycles. The van der Waals surface area contributed by atoms with Crippen molar-refractivity contribution >= 4 is 28.2 Å². The Bertz CT molecular complexity index is 741. The Morgan fingerprint density at radius 2 is 1.90 bits per heavy atom. The van der Waals surface area contributed by atoms with Gasteiger partial charge in [-0.05, 0) is 31.0 Å². The maximum Gasteiger partial charge on any atom is 0.117 e. The summed E-state index contributed by atoms with van der Waals surface area (Å²) in [7, 11) is 0. The van der Waals surface area contributed by atoms with Gasteiger partial charge < -0.3 is 10.7 Å². The van der Waals surface area contributed by atoms with E-state index in [9.17, 15) is 0 Å². The molecule has 21 heavy (non-hydrogen) atoms. The summed E-state index contributed by atoms with van der Waals surface area (Å²) in [6, 6.07) is 16.4. The number of nitrogens with two attached hydrogens (primary N) is 1. The van der Waals surface area contributed by atoms with Crippen molar-refractivity contribution < 1.29 is 0 Å². The highest BCUT2D eigenvalue weighted by molar-refractivity contribution is 7.80. The predicted octanol–water partition coefficient (Wildman–Crippen LogP) is 3.48. The smallest absolute Gasteiger partial charge is 0.117 e. The van der Waals surface area contributed by atoms with Gasteiger partial charge in [0.2, 0.25) is 0 Å². The number of imidazole rings is 1. The second kappa shape index (κ2) is 5.66. The molecule has 3 N–H and O–H groups in total. The number of hydrogen-bond donors (Lipinski definition) is 2. The van der Waals surface area contributed by atoms with Gasteiger partial charge in [0.25, 0.3) is 0 Å². The van der Waals surface area contributed by atoms with Gasteiger partial charge in [0.05, 0.1) is 21.9 Å². The van der Waals surface area contributed by atoms with E-state index in [1.54, 1.807) is 0 Å². The summed E-state index contributed by atoms with van der Waals surface area (Å²) < 4.78 is 0. The van der Waals surface area contributed by atoms with Crippen LogP contribution in [-0.2, 0) is 6.42 Å². The van der Waals surface area contributed by atoms with Crippen LogP contribution in [0.25, 0.3) is 11.0 Å². The zero-order valence-electron chi connectivity index (χ0n) is 11.8. The molecule has 3 rings (SSSR count). The Labute approximate surface area is 129 Å². The molecule has 106 valence electrons. The first-order chi connectivity index (χ1) is 10.1. The molecule has 0 fully saturated rings. The third kappa shape index (κ3) is 2.95. The van der Waals surface area contributed by atoms with Crippen LogP contribution in [0.2, 0.25) is 0 Å². The summed E-state index contributed by atoms with van der Waals surface area (Å²) in [6.45, 7) is 2.08. The zero-order chi connectivity index (χ0) is 14.8. The summed E-state index contributed by atoms with van der Waals surface area (Å²) >= 11 is 5.25. The third-order valence-electron chi connectivity index (χ3n) is 3.64. The molecule has 4 heteroatoms. The van der Waals surface area contributed by atoms with Crippen molar-refractivity contribution in [1.82, 2.24) is 9.97 Å². The largest absolute Gasteiger partial charge is 0.393 e. The number of rotatable bonds is 4. The summed E-state index contributed by atoms with van der Waals surface area (Å²) in [4.78, 5) is 8.42. The fourth-order valence-corrected chi connectivity index (χ4v) is 2.62. The molecular weight excluding hydrogens is 278 g/mol. The lowest BCUT2D eigenvalue weighted by Gasteiger charge is -2.13. The Morgan fingerprint density at radius 1 is 1.19 bits per heavy atom. The van der Waals surface area contributed by atoms with Crippen LogP contribution in [0.3, 0.4) is 0 Å². The monoisotopic (exact) mass is 295 g/mol.